The number of rotatable bonds is 5. The Morgan fingerprint density at radius 3 is 2.57 bits per heavy atom. The quantitative estimate of drug-likeness (QED) is 0.785. The van der Waals surface area contributed by atoms with E-state index in [1.165, 1.54) is 0 Å². The number of hydrogen-bond donors (Lipinski definition) is 2. The highest BCUT2D eigenvalue weighted by molar-refractivity contribution is 9.11. The molecule has 1 amide bonds. The molecule has 0 spiro atoms. The van der Waals surface area contributed by atoms with Gasteiger partial charge in [0.15, 0.2) is 6.61 Å². The Labute approximate surface area is 139 Å². The van der Waals surface area contributed by atoms with Crippen LogP contribution in [0, 0.1) is 0 Å². The van der Waals surface area contributed by atoms with Crippen LogP contribution in [0.5, 0.6) is 5.75 Å². The standard InChI is InChI=1S/C15H14Br2N2O2/c16-11-3-1-2-4-13(11)19-15(20)9-21-14-6-5-10(8-18)7-12(14)17/h1-7H,8-9,18H2,(H,19,20). The van der Waals surface area contributed by atoms with Crippen LogP contribution in [0.1, 0.15) is 5.56 Å². The average Bonchev–Trinajstić information content (AvgIpc) is 2.48. The van der Waals surface area contributed by atoms with Crippen molar-refractivity contribution >= 4 is 43.5 Å². The van der Waals surface area contributed by atoms with Crippen LogP contribution >= 0.6 is 31.9 Å². The van der Waals surface area contributed by atoms with Gasteiger partial charge in [-0.15, -0.1) is 0 Å². The summed E-state index contributed by atoms with van der Waals surface area (Å²) in [5, 5.41) is 2.78. The van der Waals surface area contributed by atoms with E-state index in [1.54, 1.807) is 6.07 Å². The molecular weight excluding hydrogens is 400 g/mol. The third kappa shape index (κ3) is 4.56. The molecule has 0 saturated heterocycles. The third-order valence-electron chi connectivity index (χ3n) is 2.74. The molecule has 6 heteroatoms. The number of anilines is 1. The first-order valence-corrected chi connectivity index (χ1v) is 7.84. The summed E-state index contributed by atoms with van der Waals surface area (Å²) in [4.78, 5) is 11.9. The number of carbonyl (C=O) groups is 1. The van der Waals surface area contributed by atoms with Crippen LogP contribution in [-0.2, 0) is 11.3 Å². The van der Waals surface area contributed by atoms with Crippen LogP contribution in [-0.4, -0.2) is 12.5 Å². The van der Waals surface area contributed by atoms with Crippen molar-refractivity contribution in [3.63, 3.8) is 0 Å². The third-order valence-corrected chi connectivity index (χ3v) is 4.05. The average molecular weight is 414 g/mol. The van der Waals surface area contributed by atoms with E-state index >= 15 is 0 Å². The lowest BCUT2D eigenvalue weighted by Crippen LogP contribution is -2.20. The van der Waals surface area contributed by atoms with Gasteiger partial charge in [0.2, 0.25) is 0 Å². The van der Waals surface area contributed by atoms with Crippen LogP contribution in [0.3, 0.4) is 0 Å². The maximum absolute atomic E-state index is 11.9. The molecule has 0 fully saturated rings. The highest BCUT2D eigenvalue weighted by atomic mass is 79.9. The number of carbonyl (C=O) groups excluding carboxylic acids is 1. The summed E-state index contributed by atoms with van der Waals surface area (Å²) in [6, 6.07) is 12.9. The largest absolute Gasteiger partial charge is 0.483 e. The predicted octanol–water partition coefficient (Wildman–Crippen LogP) is 3.69. The number of ether oxygens (including phenoxy) is 1. The highest BCUT2D eigenvalue weighted by Gasteiger charge is 2.08. The van der Waals surface area contributed by atoms with Crippen LogP contribution < -0.4 is 15.8 Å². The second kappa shape index (κ2) is 7.59. The molecule has 2 rings (SSSR count). The lowest BCUT2D eigenvalue weighted by atomic mass is 10.2. The van der Waals surface area contributed by atoms with Crippen molar-refractivity contribution in [2.75, 3.05) is 11.9 Å². The van der Waals surface area contributed by atoms with E-state index in [4.69, 9.17) is 10.5 Å². The number of hydrogen-bond acceptors (Lipinski definition) is 3. The van der Waals surface area contributed by atoms with E-state index < -0.39 is 0 Å². The van der Waals surface area contributed by atoms with E-state index in [2.05, 4.69) is 37.2 Å². The highest BCUT2D eigenvalue weighted by Crippen LogP contribution is 2.26. The molecule has 110 valence electrons. The minimum Gasteiger partial charge on any atom is -0.483 e. The number of halogens is 2. The molecule has 0 bridgehead atoms. The zero-order valence-corrected chi connectivity index (χ0v) is 14.3. The number of nitrogens with two attached hydrogens (primary N) is 1. The second-order valence-corrected chi connectivity index (χ2v) is 5.99. The van der Waals surface area contributed by atoms with E-state index in [0.717, 1.165) is 14.5 Å². The van der Waals surface area contributed by atoms with Crippen molar-refractivity contribution in [2.45, 2.75) is 6.54 Å². The van der Waals surface area contributed by atoms with Gasteiger partial charge in [-0.3, -0.25) is 4.79 Å². The zero-order valence-electron chi connectivity index (χ0n) is 11.1. The number of para-hydroxylation sites is 1. The first kappa shape index (κ1) is 16.0. The SMILES string of the molecule is NCc1ccc(OCC(=O)Nc2ccccc2Br)c(Br)c1. The van der Waals surface area contributed by atoms with Crippen LogP contribution in [0.2, 0.25) is 0 Å². The molecule has 0 saturated carbocycles. The topological polar surface area (TPSA) is 64.3 Å². The summed E-state index contributed by atoms with van der Waals surface area (Å²) in [6.07, 6.45) is 0. The van der Waals surface area contributed by atoms with E-state index in [9.17, 15) is 4.79 Å². The molecule has 0 radical (unpaired) electrons. The Balaban J connectivity index is 1.94. The summed E-state index contributed by atoms with van der Waals surface area (Å²) in [7, 11) is 0. The summed E-state index contributed by atoms with van der Waals surface area (Å²) in [5.74, 6) is 0.381. The minimum atomic E-state index is -0.225. The summed E-state index contributed by atoms with van der Waals surface area (Å²) < 4.78 is 7.10. The van der Waals surface area contributed by atoms with Gasteiger partial charge in [0.1, 0.15) is 5.75 Å². The number of nitrogens with one attached hydrogen (secondary N) is 1. The Morgan fingerprint density at radius 2 is 1.90 bits per heavy atom. The van der Waals surface area contributed by atoms with Gasteiger partial charge in [-0.2, -0.15) is 0 Å². The van der Waals surface area contributed by atoms with Gasteiger partial charge in [-0.05, 0) is 61.7 Å². The molecule has 0 heterocycles. The van der Waals surface area contributed by atoms with E-state index in [0.29, 0.717) is 18.0 Å². The summed E-state index contributed by atoms with van der Waals surface area (Å²) in [6.45, 7) is 0.392. The number of benzene rings is 2. The molecule has 0 aliphatic heterocycles. The fourth-order valence-corrected chi connectivity index (χ4v) is 2.61. The molecule has 0 aromatic heterocycles. The predicted molar refractivity (Wildman–Crippen MR) is 90.3 cm³/mol. The fraction of sp³-hybridized carbons (Fsp3) is 0.133. The van der Waals surface area contributed by atoms with Crippen molar-refractivity contribution < 1.29 is 9.53 Å². The van der Waals surface area contributed by atoms with E-state index in [1.807, 2.05) is 36.4 Å². The second-order valence-electron chi connectivity index (χ2n) is 4.29. The van der Waals surface area contributed by atoms with Gasteiger partial charge in [0.25, 0.3) is 5.91 Å². The summed E-state index contributed by atoms with van der Waals surface area (Å²) >= 11 is 6.77. The minimum absolute atomic E-state index is 0.0676. The fourth-order valence-electron chi connectivity index (χ4n) is 1.68. The van der Waals surface area contributed by atoms with Crippen LogP contribution in [0.4, 0.5) is 5.69 Å². The van der Waals surface area contributed by atoms with Gasteiger partial charge in [0, 0.05) is 11.0 Å². The monoisotopic (exact) mass is 412 g/mol. The van der Waals surface area contributed by atoms with Crippen molar-refractivity contribution in [1.82, 2.24) is 0 Å². The Kier molecular flexibility index (Phi) is 5.78. The first-order chi connectivity index (χ1) is 10.1. The smallest absolute Gasteiger partial charge is 0.262 e. The van der Waals surface area contributed by atoms with Crippen molar-refractivity contribution in [2.24, 2.45) is 5.73 Å². The Bertz CT molecular complexity index is 647. The van der Waals surface area contributed by atoms with Crippen molar-refractivity contribution in [1.29, 1.82) is 0 Å². The van der Waals surface area contributed by atoms with E-state index in [-0.39, 0.29) is 12.5 Å². The normalized spacial score (nSPS) is 10.2. The molecule has 0 atom stereocenters. The zero-order chi connectivity index (χ0) is 15.2. The molecule has 21 heavy (non-hydrogen) atoms. The van der Waals surface area contributed by atoms with Gasteiger partial charge in [-0.1, -0.05) is 18.2 Å². The lowest BCUT2D eigenvalue weighted by molar-refractivity contribution is -0.118. The maximum Gasteiger partial charge on any atom is 0.262 e. The molecule has 0 aliphatic rings. The molecule has 0 aliphatic carbocycles. The van der Waals surface area contributed by atoms with Crippen LogP contribution in [0.25, 0.3) is 0 Å². The Morgan fingerprint density at radius 1 is 1.14 bits per heavy atom. The van der Waals surface area contributed by atoms with Gasteiger partial charge >= 0.3 is 0 Å². The van der Waals surface area contributed by atoms with Gasteiger partial charge in [-0.25, -0.2) is 0 Å². The van der Waals surface area contributed by atoms with Crippen LogP contribution in [0.15, 0.2) is 51.4 Å². The Hall–Kier alpha value is -1.37. The summed E-state index contributed by atoms with van der Waals surface area (Å²) in [5.41, 5.74) is 7.27. The molecule has 3 N–H and O–H groups in total. The number of amides is 1. The molecular formula is C15H14Br2N2O2. The van der Waals surface area contributed by atoms with Gasteiger partial charge in [0.05, 0.1) is 10.2 Å². The maximum atomic E-state index is 11.9. The molecule has 0 unspecified atom stereocenters. The van der Waals surface area contributed by atoms with Crippen molar-refractivity contribution in [3.8, 4) is 5.75 Å². The lowest BCUT2D eigenvalue weighted by Gasteiger charge is -2.10. The van der Waals surface area contributed by atoms with Gasteiger partial charge < -0.3 is 15.8 Å². The molecule has 4 nitrogen and oxygen atoms in total. The first-order valence-electron chi connectivity index (χ1n) is 6.26. The molecule has 2 aromatic rings. The molecule has 2 aromatic carbocycles. The van der Waals surface area contributed by atoms with Crippen molar-refractivity contribution in [3.05, 3.63) is 57.0 Å².